The van der Waals surface area contributed by atoms with Crippen LogP contribution in [0.15, 0.2) is 30.5 Å². The number of carbonyl (C=O) groups excluding carboxylic acids is 4. The Kier molecular flexibility index (Phi) is 8.60. The molecule has 2 atom stereocenters. The monoisotopic (exact) mass is 564 g/mol. The molecule has 15 heteroatoms. The Morgan fingerprint density at radius 2 is 1.82 bits per heavy atom. The van der Waals surface area contributed by atoms with Gasteiger partial charge >= 0.3 is 12.2 Å². The molecule has 214 valence electrons. The summed E-state index contributed by atoms with van der Waals surface area (Å²) in [6.45, 7) is 1.82. The van der Waals surface area contributed by atoms with Gasteiger partial charge in [-0.25, -0.2) is 23.4 Å². The van der Waals surface area contributed by atoms with Crippen LogP contribution in [-0.2, 0) is 14.3 Å². The van der Waals surface area contributed by atoms with Gasteiger partial charge in [0.05, 0.1) is 31.5 Å². The summed E-state index contributed by atoms with van der Waals surface area (Å²) in [6.07, 6.45) is -1.07. The number of halogens is 3. The fourth-order valence-electron chi connectivity index (χ4n) is 4.43. The molecule has 1 aromatic heterocycles. The highest BCUT2D eigenvalue weighted by atomic mass is 19.1. The van der Waals surface area contributed by atoms with Crippen molar-refractivity contribution in [2.24, 2.45) is 0 Å². The summed E-state index contributed by atoms with van der Waals surface area (Å²) in [5.41, 5.74) is -0.648. The van der Waals surface area contributed by atoms with Gasteiger partial charge in [-0.15, -0.1) is 0 Å². The number of cyclic esters (lactones) is 1. The Morgan fingerprint density at radius 1 is 1.15 bits per heavy atom. The summed E-state index contributed by atoms with van der Waals surface area (Å²) in [7, 11) is 1.18. The molecule has 2 N–H and O–H groups in total. The van der Waals surface area contributed by atoms with Crippen LogP contribution in [0.4, 0.5) is 34.1 Å². The number of alkyl carbamates (subject to hydrolysis) is 1. The van der Waals surface area contributed by atoms with Crippen molar-refractivity contribution in [3.8, 4) is 0 Å². The molecule has 2 aromatic rings. The summed E-state index contributed by atoms with van der Waals surface area (Å²) < 4.78 is 53.5. The average molecular weight is 565 g/mol. The lowest BCUT2D eigenvalue weighted by Crippen LogP contribution is -2.54. The second-order valence-electron chi connectivity index (χ2n) is 9.10. The number of anilines is 2. The molecule has 12 nitrogen and oxygen atoms in total. The van der Waals surface area contributed by atoms with Crippen LogP contribution in [0.2, 0.25) is 0 Å². The molecule has 0 aliphatic carbocycles. The van der Waals surface area contributed by atoms with Crippen molar-refractivity contribution < 1.29 is 41.8 Å². The van der Waals surface area contributed by atoms with Gasteiger partial charge in [-0.3, -0.25) is 14.5 Å². The number of nitrogens with one attached hydrogen (secondary N) is 2. The number of carbonyl (C=O) groups is 4. The molecule has 2 saturated heterocycles. The predicted octanol–water partition coefficient (Wildman–Crippen LogP) is 1.65. The van der Waals surface area contributed by atoms with Crippen molar-refractivity contribution in [2.75, 3.05) is 56.2 Å². The van der Waals surface area contributed by atoms with Crippen LogP contribution in [-0.4, -0.2) is 92.4 Å². The SMILES string of the molecule is COC(=O)NC[C@H]1CN(c2cc(F)c(N3CCN(C(=O)[C@H](C)NC(=O)c4cccnc4F)CC3)c(F)c2)C(=O)O1. The van der Waals surface area contributed by atoms with Crippen LogP contribution in [0.1, 0.15) is 17.3 Å². The second-order valence-corrected chi connectivity index (χ2v) is 9.10. The third-order valence-electron chi connectivity index (χ3n) is 6.48. The van der Waals surface area contributed by atoms with Crippen LogP contribution in [0.25, 0.3) is 0 Å². The zero-order chi connectivity index (χ0) is 29.0. The fraction of sp³-hybridized carbons (Fsp3) is 0.400. The summed E-state index contributed by atoms with van der Waals surface area (Å²) in [5.74, 6) is -3.99. The lowest BCUT2D eigenvalue weighted by Gasteiger charge is -2.37. The third-order valence-corrected chi connectivity index (χ3v) is 6.48. The summed E-state index contributed by atoms with van der Waals surface area (Å²) in [4.78, 5) is 56.0. The topological polar surface area (TPSA) is 133 Å². The van der Waals surface area contributed by atoms with E-state index in [1.807, 2.05) is 0 Å². The van der Waals surface area contributed by atoms with E-state index in [0.29, 0.717) is 0 Å². The zero-order valence-electron chi connectivity index (χ0n) is 21.7. The number of ether oxygens (including phenoxy) is 2. The number of piperazine rings is 1. The van der Waals surface area contributed by atoms with Gasteiger partial charge in [-0.05, 0) is 19.1 Å². The lowest BCUT2D eigenvalue weighted by atomic mass is 10.1. The molecule has 0 bridgehead atoms. The van der Waals surface area contributed by atoms with E-state index in [9.17, 15) is 23.6 Å². The smallest absolute Gasteiger partial charge is 0.414 e. The summed E-state index contributed by atoms with van der Waals surface area (Å²) in [6, 6.07) is 3.70. The van der Waals surface area contributed by atoms with Crippen molar-refractivity contribution >= 4 is 35.4 Å². The summed E-state index contributed by atoms with van der Waals surface area (Å²) in [5, 5.41) is 4.83. The molecule has 0 saturated carbocycles. The molecular formula is C25H27F3N6O6. The highest BCUT2D eigenvalue weighted by Crippen LogP contribution is 2.31. The van der Waals surface area contributed by atoms with Gasteiger partial charge in [0, 0.05) is 44.5 Å². The Bertz CT molecular complexity index is 1280. The maximum atomic E-state index is 15.1. The second kappa shape index (κ2) is 12.1. The highest BCUT2D eigenvalue weighted by Gasteiger charge is 2.35. The number of aromatic nitrogens is 1. The first kappa shape index (κ1) is 28.4. The molecule has 4 amide bonds. The van der Waals surface area contributed by atoms with Crippen molar-refractivity contribution in [2.45, 2.75) is 19.1 Å². The van der Waals surface area contributed by atoms with E-state index in [1.54, 1.807) is 0 Å². The lowest BCUT2D eigenvalue weighted by molar-refractivity contribution is -0.133. The van der Waals surface area contributed by atoms with Crippen LogP contribution in [0.5, 0.6) is 0 Å². The first-order valence-corrected chi connectivity index (χ1v) is 12.3. The van der Waals surface area contributed by atoms with Crippen molar-refractivity contribution in [1.82, 2.24) is 20.5 Å². The van der Waals surface area contributed by atoms with Crippen molar-refractivity contribution in [3.05, 3.63) is 53.6 Å². The number of nitrogens with zero attached hydrogens (tertiary/aromatic N) is 4. The molecule has 2 aliphatic rings. The maximum Gasteiger partial charge on any atom is 0.414 e. The van der Waals surface area contributed by atoms with Gasteiger partial charge in [0.25, 0.3) is 5.91 Å². The number of amides is 4. The third kappa shape index (κ3) is 6.18. The molecule has 0 unspecified atom stereocenters. The average Bonchev–Trinajstić information content (AvgIpc) is 3.31. The van der Waals surface area contributed by atoms with E-state index in [0.717, 1.165) is 17.0 Å². The number of hydrogen-bond acceptors (Lipinski definition) is 8. The van der Waals surface area contributed by atoms with Gasteiger partial charge in [-0.1, -0.05) is 0 Å². The number of hydrogen-bond donors (Lipinski definition) is 2. The molecule has 4 rings (SSSR count). The number of pyridine rings is 1. The molecule has 3 heterocycles. The van der Waals surface area contributed by atoms with Gasteiger partial charge in [0.15, 0.2) is 11.6 Å². The molecule has 0 spiro atoms. The van der Waals surface area contributed by atoms with E-state index in [4.69, 9.17) is 4.74 Å². The van der Waals surface area contributed by atoms with E-state index in [2.05, 4.69) is 20.4 Å². The Hall–Kier alpha value is -4.56. The molecule has 0 radical (unpaired) electrons. The molecule has 40 heavy (non-hydrogen) atoms. The molecule has 2 fully saturated rings. The minimum Gasteiger partial charge on any atom is -0.453 e. The predicted molar refractivity (Wildman–Crippen MR) is 134 cm³/mol. The first-order valence-electron chi connectivity index (χ1n) is 12.3. The minimum atomic E-state index is -0.974. The van der Waals surface area contributed by atoms with Gasteiger partial charge in [-0.2, -0.15) is 4.39 Å². The van der Waals surface area contributed by atoms with E-state index < -0.39 is 53.7 Å². The maximum absolute atomic E-state index is 15.1. The van der Waals surface area contributed by atoms with Gasteiger partial charge in [0.2, 0.25) is 11.9 Å². The van der Waals surface area contributed by atoms with E-state index in [-0.39, 0.29) is 56.2 Å². The Labute approximate surface area is 227 Å². The standard InChI is InChI=1S/C25H27F3N6O6/c1-14(31-22(35)17-4-3-5-29-21(17)28)23(36)33-8-6-32(7-9-33)20-18(26)10-15(11-19(20)27)34-13-16(40-25(34)38)12-30-24(37)39-2/h3-5,10-11,14,16H,6-9,12-13H2,1-2H3,(H,30,37)(H,31,35)/t14-,16-/m0/s1. The zero-order valence-corrected chi connectivity index (χ0v) is 21.7. The number of benzene rings is 1. The fourth-order valence-corrected chi connectivity index (χ4v) is 4.43. The van der Waals surface area contributed by atoms with E-state index in [1.165, 1.54) is 42.2 Å². The normalized spacial score (nSPS) is 17.8. The Balaban J connectivity index is 1.35. The number of methoxy groups -OCH3 is 1. The molecule has 2 aliphatic heterocycles. The van der Waals surface area contributed by atoms with E-state index >= 15 is 8.78 Å². The first-order chi connectivity index (χ1) is 19.1. The van der Waals surface area contributed by atoms with Gasteiger partial charge in [0.1, 0.15) is 17.8 Å². The highest BCUT2D eigenvalue weighted by molar-refractivity contribution is 5.97. The van der Waals surface area contributed by atoms with Crippen LogP contribution in [0.3, 0.4) is 0 Å². The molecular weight excluding hydrogens is 537 g/mol. The summed E-state index contributed by atoms with van der Waals surface area (Å²) >= 11 is 0. The minimum absolute atomic E-state index is 0.0377. The van der Waals surface area contributed by atoms with Crippen LogP contribution < -0.4 is 20.4 Å². The largest absolute Gasteiger partial charge is 0.453 e. The van der Waals surface area contributed by atoms with Gasteiger partial charge < -0.3 is 29.9 Å². The van der Waals surface area contributed by atoms with Crippen LogP contribution in [0, 0.1) is 17.6 Å². The van der Waals surface area contributed by atoms with Crippen LogP contribution >= 0.6 is 0 Å². The quantitative estimate of drug-likeness (QED) is 0.485. The van der Waals surface area contributed by atoms with Crippen molar-refractivity contribution in [3.63, 3.8) is 0 Å². The molecule has 1 aromatic carbocycles. The van der Waals surface area contributed by atoms with Crippen molar-refractivity contribution in [1.29, 1.82) is 0 Å². The number of rotatable bonds is 7. The Morgan fingerprint density at radius 3 is 2.45 bits per heavy atom.